The number of rotatable bonds is 5. The number of aromatic nitrogens is 2. The van der Waals surface area contributed by atoms with Gasteiger partial charge in [-0.05, 0) is 25.1 Å². The fraction of sp³-hybridized carbons (Fsp3) is 0.214. The number of hydrogen-bond donors (Lipinski definition) is 1. The van der Waals surface area contributed by atoms with Crippen molar-refractivity contribution in [3.8, 4) is 5.88 Å². The smallest absolute Gasteiger partial charge is 0.339 e. The largest absolute Gasteiger partial charge is 0.481 e. The monoisotopic (exact) mass is 273 g/mol. The summed E-state index contributed by atoms with van der Waals surface area (Å²) in [5, 5.41) is 3.07. The summed E-state index contributed by atoms with van der Waals surface area (Å²) in [6.07, 6.45) is 3.11. The number of carbonyl (C=O) groups is 1. The van der Waals surface area contributed by atoms with E-state index in [1.54, 1.807) is 38.4 Å². The third-order valence-corrected chi connectivity index (χ3v) is 2.49. The first-order valence-corrected chi connectivity index (χ1v) is 6.13. The van der Waals surface area contributed by atoms with E-state index in [2.05, 4.69) is 15.3 Å². The Morgan fingerprint density at radius 2 is 2.05 bits per heavy atom. The Hall–Kier alpha value is -2.63. The van der Waals surface area contributed by atoms with Crippen molar-refractivity contribution in [3.05, 3.63) is 42.2 Å². The average molecular weight is 273 g/mol. The van der Waals surface area contributed by atoms with Gasteiger partial charge in [0, 0.05) is 12.3 Å². The lowest BCUT2D eigenvalue weighted by atomic mass is 10.3. The van der Waals surface area contributed by atoms with Crippen LogP contribution in [0.1, 0.15) is 17.3 Å². The summed E-state index contributed by atoms with van der Waals surface area (Å²) in [5.74, 6) is 0.781. The molecule has 0 unspecified atom stereocenters. The molecule has 6 heteroatoms. The molecule has 1 N–H and O–H groups in total. The highest BCUT2D eigenvalue weighted by atomic mass is 16.5. The van der Waals surface area contributed by atoms with Crippen molar-refractivity contribution in [2.45, 2.75) is 6.92 Å². The molecule has 2 aromatic rings. The number of hydrogen-bond acceptors (Lipinski definition) is 6. The lowest BCUT2D eigenvalue weighted by Gasteiger charge is -2.06. The van der Waals surface area contributed by atoms with E-state index in [1.165, 1.54) is 6.20 Å². The summed E-state index contributed by atoms with van der Waals surface area (Å²) in [5.41, 5.74) is 1.20. The van der Waals surface area contributed by atoms with Crippen LogP contribution >= 0.6 is 0 Å². The molecular weight excluding hydrogens is 258 g/mol. The number of nitrogens with one attached hydrogen (secondary N) is 1. The van der Waals surface area contributed by atoms with E-state index in [-0.39, 0.29) is 5.97 Å². The topological polar surface area (TPSA) is 73.3 Å². The first-order chi connectivity index (χ1) is 9.72. The van der Waals surface area contributed by atoms with Crippen molar-refractivity contribution >= 4 is 17.5 Å². The molecule has 0 saturated heterocycles. The van der Waals surface area contributed by atoms with Gasteiger partial charge in [0.25, 0.3) is 0 Å². The van der Waals surface area contributed by atoms with Gasteiger partial charge in [0.15, 0.2) is 0 Å². The quantitative estimate of drug-likeness (QED) is 0.843. The number of ether oxygens (including phenoxy) is 2. The van der Waals surface area contributed by atoms with Gasteiger partial charge in [-0.2, -0.15) is 0 Å². The maximum Gasteiger partial charge on any atom is 0.339 e. The predicted molar refractivity (Wildman–Crippen MR) is 74.3 cm³/mol. The molecule has 2 heterocycles. The summed E-state index contributed by atoms with van der Waals surface area (Å²) in [6, 6.07) is 6.93. The van der Waals surface area contributed by atoms with Crippen LogP contribution in [-0.2, 0) is 4.74 Å². The Morgan fingerprint density at radius 1 is 1.20 bits per heavy atom. The molecule has 0 aromatic carbocycles. The van der Waals surface area contributed by atoms with Gasteiger partial charge in [0.2, 0.25) is 5.88 Å². The molecule has 0 amide bonds. The fourth-order valence-corrected chi connectivity index (χ4v) is 1.53. The molecule has 20 heavy (non-hydrogen) atoms. The lowest BCUT2D eigenvalue weighted by Crippen LogP contribution is -2.05. The van der Waals surface area contributed by atoms with E-state index in [1.807, 2.05) is 6.07 Å². The summed E-state index contributed by atoms with van der Waals surface area (Å²) in [6.45, 7) is 2.11. The molecule has 0 radical (unpaired) electrons. The van der Waals surface area contributed by atoms with Crippen LogP contribution in [0, 0.1) is 0 Å². The molecule has 0 bridgehead atoms. The van der Waals surface area contributed by atoms with Gasteiger partial charge >= 0.3 is 5.97 Å². The Bertz CT molecular complexity index is 567. The van der Waals surface area contributed by atoms with Crippen molar-refractivity contribution < 1.29 is 14.3 Å². The van der Waals surface area contributed by atoms with Crippen molar-refractivity contribution in [3.63, 3.8) is 0 Å². The molecular formula is C14H15N3O3. The average Bonchev–Trinajstić information content (AvgIpc) is 2.49. The van der Waals surface area contributed by atoms with Crippen LogP contribution in [0.5, 0.6) is 5.88 Å². The minimum absolute atomic E-state index is 0.344. The zero-order chi connectivity index (χ0) is 14.4. The third-order valence-electron chi connectivity index (χ3n) is 2.49. The van der Waals surface area contributed by atoms with Crippen molar-refractivity contribution in [1.82, 2.24) is 9.97 Å². The van der Waals surface area contributed by atoms with E-state index in [0.717, 1.165) is 5.69 Å². The number of anilines is 2. The van der Waals surface area contributed by atoms with Gasteiger partial charge in [0.05, 0.1) is 31.2 Å². The molecule has 0 aliphatic heterocycles. The molecule has 0 saturated carbocycles. The van der Waals surface area contributed by atoms with E-state index in [0.29, 0.717) is 23.9 Å². The highest BCUT2D eigenvalue weighted by Crippen LogP contribution is 2.16. The second kappa shape index (κ2) is 6.51. The van der Waals surface area contributed by atoms with Gasteiger partial charge in [-0.25, -0.2) is 14.8 Å². The molecule has 104 valence electrons. The molecule has 2 aromatic heterocycles. The molecule has 2 rings (SSSR count). The molecule has 0 aliphatic rings. The second-order valence-corrected chi connectivity index (χ2v) is 3.87. The maximum absolute atomic E-state index is 11.5. The number of esters is 1. The Balaban J connectivity index is 2.04. The first kappa shape index (κ1) is 13.8. The van der Waals surface area contributed by atoms with Crippen LogP contribution in [0.4, 0.5) is 11.5 Å². The van der Waals surface area contributed by atoms with Crippen molar-refractivity contribution in [1.29, 1.82) is 0 Å². The van der Waals surface area contributed by atoms with E-state index >= 15 is 0 Å². The van der Waals surface area contributed by atoms with Crippen LogP contribution < -0.4 is 10.1 Å². The fourth-order valence-electron chi connectivity index (χ4n) is 1.53. The highest BCUT2D eigenvalue weighted by molar-refractivity contribution is 5.89. The number of nitrogens with zero attached hydrogens (tertiary/aromatic N) is 2. The number of methoxy groups -OCH3 is 1. The number of pyridine rings is 2. The third kappa shape index (κ3) is 3.44. The van der Waals surface area contributed by atoms with Gasteiger partial charge in [-0.1, -0.05) is 0 Å². The first-order valence-electron chi connectivity index (χ1n) is 6.13. The normalized spacial score (nSPS) is 9.90. The summed E-state index contributed by atoms with van der Waals surface area (Å²) < 4.78 is 9.87. The van der Waals surface area contributed by atoms with Crippen LogP contribution in [0.3, 0.4) is 0 Å². The van der Waals surface area contributed by atoms with Crippen molar-refractivity contribution in [2.75, 3.05) is 19.0 Å². The minimum Gasteiger partial charge on any atom is -0.481 e. The molecule has 0 fully saturated rings. The van der Waals surface area contributed by atoms with E-state index in [9.17, 15) is 4.79 Å². The zero-order valence-electron chi connectivity index (χ0n) is 11.3. The van der Waals surface area contributed by atoms with Gasteiger partial charge < -0.3 is 14.8 Å². The Labute approximate surface area is 116 Å². The SMILES string of the molecule is CCOC(=O)c1ccc(Nc2ccc(OC)nc2)nc1. The Morgan fingerprint density at radius 3 is 2.60 bits per heavy atom. The van der Waals surface area contributed by atoms with Crippen LogP contribution in [0.25, 0.3) is 0 Å². The summed E-state index contributed by atoms with van der Waals surface area (Å²) in [4.78, 5) is 19.7. The second-order valence-electron chi connectivity index (χ2n) is 3.87. The molecule has 6 nitrogen and oxygen atoms in total. The lowest BCUT2D eigenvalue weighted by molar-refractivity contribution is 0.0526. The minimum atomic E-state index is -0.377. The molecule has 0 atom stereocenters. The van der Waals surface area contributed by atoms with Crippen LogP contribution in [0.2, 0.25) is 0 Å². The van der Waals surface area contributed by atoms with Gasteiger partial charge in [0.1, 0.15) is 5.82 Å². The summed E-state index contributed by atoms with van der Waals surface area (Å²) >= 11 is 0. The highest BCUT2D eigenvalue weighted by Gasteiger charge is 2.06. The summed E-state index contributed by atoms with van der Waals surface area (Å²) in [7, 11) is 1.56. The standard InChI is InChI=1S/C14H15N3O3/c1-3-20-14(18)10-4-6-12(15-8-10)17-11-5-7-13(19-2)16-9-11/h4-9H,3H2,1-2H3,(H,15,17). The predicted octanol–water partition coefficient (Wildman–Crippen LogP) is 2.41. The van der Waals surface area contributed by atoms with Gasteiger partial charge in [-0.3, -0.25) is 0 Å². The van der Waals surface area contributed by atoms with Gasteiger partial charge in [-0.15, -0.1) is 0 Å². The molecule has 0 aliphatic carbocycles. The zero-order valence-corrected chi connectivity index (χ0v) is 11.3. The van der Waals surface area contributed by atoms with E-state index < -0.39 is 0 Å². The molecule has 0 spiro atoms. The van der Waals surface area contributed by atoms with Crippen LogP contribution in [-0.4, -0.2) is 29.7 Å². The number of carbonyl (C=O) groups excluding carboxylic acids is 1. The van der Waals surface area contributed by atoms with Crippen molar-refractivity contribution in [2.24, 2.45) is 0 Å². The Kier molecular flexibility index (Phi) is 4.49. The van der Waals surface area contributed by atoms with E-state index in [4.69, 9.17) is 9.47 Å². The van der Waals surface area contributed by atoms with Crippen LogP contribution in [0.15, 0.2) is 36.7 Å². The maximum atomic E-state index is 11.5.